The standard InChI is InChI=1S/C14H11NO2/c1-17-14(16)8-4-5-11-9-10-15-13-7-3-2-6-12(11)13/h2-3,6-7,9-10H,5H2,1H3. The van der Waals surface area contributed by atoms with Crippen LogP contribution >= 0.6 is 0 Å². The molecule has 0 N–H and O–H groups in total. The molecule has 0 aliphatic rings. The lowest BCUT2D eigenvalue weighted by Crippen LogP contribution is -1.95. The third-order valence-corrected chi connectivity index (χ3v) is 2.39. The fourth-order valence-electron chi connectivity index (χ4n) is 1.57. The lowest BCUT2D eigenvalue weighted by molar-refractivity contribution is -0.133. The van der Waals surface area contributed by atoms with Crippen LogP contribution in [0.4, 0.5) is 0 Å². The fourth-order valence-corrected chi connectivity index (χ4v) is 1.57. The van der Waals surface area contributed by atoms with Crippen LogP contribution in [0, 0.1) is 11.8 Å². The van der Waals surface area contributed by atoms with Crippen LogP contribution in [0.1, 0.15) is 5.56 Å². The second kappa shape index (κ2) is 5.13. The van der Waals surface area contributed by atoms with E-state index in [1.807, 2.05) is 30.3 Å². The third kappa shape index (κ3) is 2.61. The molecule has 0 aliphatic carbocycles. The number of rotatable bonds is 1. The molecule has 0 bridgehead atoms. The molecule has 1 heterocycles. The van der Waals surface area contributed by atoms with Crippen LogP contribution in [-0.4, -0.2) is 18.1 Å². The SMILES string of the molecule is COC(=O)C#CCc1ccnc2ccccc12. The van der Waals surface area contributed by atoms with Crippen molar-refractivity contribution in [1.29, 1.82) is 0 Å². The summed E-state index contributed by atoms with van der Waals surface area (Å²) in [4.78, 5) is 15.1. The van der Waals surface area contributed by atoms with E-state index < -0.39 is 5.97 Å². The summed E-state index contributed by atoms with van der Waals surface area (Å²) in [6.07, 6.45) is 2.26. The molecule has 0 amide bonds. The van der Waals surface area contributed by atoms with Gasteiger partial charge in [0.05, 0.1) is 12.6 Å². The van der Waals surface area contributed by atoms with Crippen LogP contribution in [0.15, 0.2) is 36.5 Å². The van der Waals surface area contributed by atoms with Crippen LogP contribution in [0.25, 0.3) is 10.9 Å². The average molecular weight is 225 g/mol. The summed E-state index contributed by atoms with van der Waals surface area (Å²) in [6.45, 7) is 0. The molecule has 3 heteroatoms. The topological polar surface area (TPSA) is 39.2 Å². The minimum absolute atomic E-state index is 0.511. The molecule has 0 atom stereocenters. The van der Waals surface area contributed by atoms with Crippen molar-refractivity contribution in [2.24, 2.45) is 0 Å². The van der Waals surface area contributed by atoms with Gasteiger partial charge in [-0.1, -0.05) is 24.1 Å². The number of ether oxygens (including phenoxy) is 1. The van der Waals surface area contributed by atoms with E-state index in [0.717, 1.165) is 16.5 Å². The summed E-state index contributed by atoms with van der Waals surface area (Å²) >= 11 is 0. The Morgan fingerprint density at radius 3 is 3.00 bits per heavy atom. The first-order valence-electron chi connectivity index (χ1n) is 5.20. The van der Waals surface area contributed by atoms with Crippen molar-refractivity contribution >= 4 is 16.9 Å². The number of para-hydroxylation sites is 1. The molecule has 0 aliphatic heterocycles. The zero-order valence-corrected chi connectivity index (χ0v) is 9.43. The highest BCUT2D eigenvalue weighted by Gasteiger charge is 1.99. The van der Waals surface area contributed by atoms with Gasteiger partial charge in [-0.3, -0.25) is 4.98 Å². The Hall–Kier alpha value is -2.34. The lowest BCUT2D eigenvalue weighted by Gasteiger charge is -2.01. The van der Waals surface area contributed by atoms with E-state index in [1.54, 1.807) is 6.20 Å². The van der Waals surface area contributed by atoms with Crippen molar-refractivity contribution in [2.75, 3.05) is 7.11 Å². The third-order valence-electron chi connectivity index (χ3n) is 2.39. The van der Waals surface area contributed by atoms with Crippen LogP contribution < -0.4 is 0 Å². The van der Waals surface area contributed by atoms with E-state index in [2.05, 4.69) is 21.6 Å². The van der Waals surface area contributed by atoms with Gasteiger partial charge in [0.25, 0.3) is 0 Å². The molecule has 1 aromatic carbocycles. The zero-order chi connectivity index (χ0) is 12.1. The van der Waals surface area contributed by atoms with Gasteiger partial charge in [0.1, 0.15) is 0 Å². The van der Waals surface area contributed by atoms with Crippen molar-refractivity contribution in [1.82, 2.24) is 4.98 Å². The van der Waals surface area contributed by atoms with Gasteiger partial charge in [-0.05, 0) is 17.7 Å². The number of hydrogen-bond donors (Lipinski definition) is 0. The number of nitrogens with zero attached hydrogens (tertiary/aromatic N) is 1. The first-order valence-corrected chi connectivity index (χ1v) is 5.20. The number of esters is 1. The van der Waals surface area contributed by atoms with Gasteiger partial charge in [0.2, 0.25) is 0 Å². The Labute approximate surface area is 99.4 Å². The molecule has 17 heavy (non-hydrogen) atoms. The molecule has 2 rings (SSSR count). The molecule has 0 spiro atoms. The molecule has 0 saturated heterocycles. The van der Waals surface area contributed by atoms with E-state index in [1.165, 1.54) is 7.11 Å². The maximum Gasteiger partial charge on any atom is 0.384 e. The summed E-state index contributed by atoms with van der Waals surface area (Å²) < 4.78 is 4.45. The molecular weight excluding hydrogens is 214 g/mol. The number of hydrogen-bond acceptors (Lipinski definition) is 3. The molecule has 2 aromatic rings. The predicted molar refractivity (Wildman–Crippen MR) is 65.2 cm³/mol. The molecule has 0 unspecified atom stereocenters. The molecule has 84 valence electrons. The maximum absolute atomic E-state index is 10.9. The molecular formula is C14H11NO2. The van der Waals surface area contributed by atoms with Crippen molar-refractivity contribution in [3.63, 3.8) is 0 Å². The summed E-state index contributed by atoms with van der Waals surface area (Å²) in [5, 5.41) is 1.06. The minimum Gasteiger partial charge on any atom is -0.459 e. The highest BCUT2D eigenvalue weighted by molar-refractivity contribution is 5.88. The fraction of sp³-hybridized carbons (Fsp3) is 0.143. The molecule has 3 nitrogen and oxygen atoms in total. The Morgan fingerprint density at radius 1 is 1.35 bits per heavy atom. The largest absolute Gasteiger partial charge is 0.459 e. The molecule has 0 fully saturated rings. The van der Waals surface area contributed by atoms with Gasteiger partial charge in [-0.2, -0.15) is 0 Å². The molecule has 1 aromatic heterocycles. The number of carbonyl (C=O) groups excluding carboxylic acids is 1. The molecule has 0 radical (unpaired) electrons. The highest BCUT2D eigenvalue weighted by atomic mass is 16.5. The quantitative estimate of drug-likeness (QED) is 0.423. The summed E-state index contributed by atoms with van der Waals surface area (Å²) in [7, 11) is 1.32. The summed E-state index contributed by atoms with van der Waals surface area (Å²) in [5.74, 6) is 4.70. The number of fused-ring (bicyclic) bond motifs is 1. The maximum atomic E-state index is 10.9. The first kappa shape index (κ1) is 11.2. The minimum atomic E-state index is -0.511. The normalized spacial score (nSPS) is 9.47. The van der Waals surface area contributed by atoms with Gasteiger partial charge in [0, 0.05) is 23.9 Å². The molecule has 0 saturated carbocycles. The Morgan fingerprint density at radius 2 is 2.18 bits per heavy atom. The van der Waals surface area contributed by atoms with Gasteiger partial charge in [-0.25, -0.2) is 4.79 Å². The highest BCUT2D eigenvalue weighted by Crippen LogP contribution is 2.15. The van der Waals surface area contributed by atoms with E-state index in [9.17, 15) is 4.79 Å². The number of methoxy groups -OCH3 is 1. The monoisotopic (exact) mass is 225 g/mol. The smallest absolute Gasteiger partial charge is 0.384 e. The van der Waals surface area contributed by atoms with Crippen LogP contribution in [0.5, 0.6) is 0 Å². The predicted octanol–water partition coefficient (Wildman–Crippen LogP) is 1.95. The van der Waals surface area contributed by atoms with Crippen LogP contribution in [0.2, 0.25) is 0 Å². The van der Waals surface area contributed by atoms with Crippen molar-refractivity contribution in [2.45, 2.75) is 6.42 Å². The van der Waals surface area contributed by atoms with Gasteiger partial charge >= 0.3 is 5.97 Å². The second-order valence-electron chi connectivity index (χ2n) is 3.46. The van der Waals surface area contributed by atoms with E-state index in [4.69, 9.17) is 0 Å². The van der Waals surface area contributed by atoms with E-state index in [-0.39, 0.29) is 0 Å². The average Bonchev–Trinajstić information content (AvgIpc) is 2.39. The number of aromatic nitrogens is 1. The summed E-state index contributed by atoms with van der Waals surface area (Å²) in [5.41, 5.74) is 2.00. The Bertz CT molecular complexity index is 603. The second-order valence-corrected chi connectivity index (χ2v) is 3.46. The zero-order valence-electron chi connectivity index (χ0n) is 9.43. The van der Waals surface area contributed by atoms with Crippen molar-refractivity contribution < 1.29 is 9.53 Å². The lowest BCUT2D eigenvalue weighted by atomic mass is 10.1. The summed E-state index contributed by atoms with van der Waals surface area (Å²) in [6, 6.07) is 9.76. The van der Waals surface area contributed by atoms with Gasteiger partial charge in [-0.15, -0.1) is 0 Å². The Kier molecular flexibility index (Phi) is 3.37. The number of pyridine rings is 1. The van der Waals surface area contributed by atoms with E-state index in [0.29, 0.717) is 6.42 Å². The van der Waals surface area contributed by atoms with E-state index >= 15 is 0 Å². The van der Waals surface area contributed by atoms with Crippen molar-refractivity contribution in [3.05, 3.63) is 42.1 Å². The van der Waals surface area contributed by atoms with Gasteiger partial charge in [0.15, 0.2) is 0 Å². The van der Waals surface area contributed by atoms with Crippen LogP contribution in [0.3, 0.4) is 0 Å². The number of carbonyl (C=O) groups is 1. The van der Waals surface area contributed by atoms with Crippen molar-refractivity contribution in [3.8, 4) is 11.8 Å². The Balaban J connectivity index is 2.29. The first-order chi connectivity index (χ1) is 8.31. The van der Waals surface area contributed by atoms with Crippen LogP contribution in [-0.2, 0) is 16.0 Å². The number of benzene rings is 1. The van der Waals surface area contributed by atoms with Gasteiger partial charge < -0.3 is 4.74 Å².